The molecule has 0 saturated heterocycles. The van der Waals surface area contributed by atoms with Crippen molar-refractivity contribution in [1.29, 1.82) is 0 Å². The first-order valence-electron chi connectivity index (χ1n) is 6.07. The number of ether oxygens (including phenoxy) is 1. The Morgan fingerprint density at radius 1 is 1.44 bits per heavy atom. The second kappa shape index (κ2) is 7.05. The highest BCUT2D eigenvalue weighted by atomic mass is 32.1. The van der Waals surface area contributed by atoms with Crippen LogP contribution >= 0.6 is 11.3 Å². The van der Waals surface area contributed by atoms with Gasteiger partial charge >= 0.3 is 0 Å². The molecule has 0 radical (unpaired) electrons. The van der Waals surface area contributed by atoms with Crippen LogP contribution in [0.1, 0.15) is 43.2 Å². The van der Waals surface area contributed by atoms with Gasteiger partial charge in [-0.15, -0.1) is 11.3 Å². The lowest BCUT2D eigenvalue weighted by Crippen LogP contribution is -2.31. The van der Waals surface area contributed by atoms with E-state index in [0.29, 0.717) is 6.04 Å². The van der Waals surface area contributed by atoms with Crippen molar-refractivity contribution in [2.75, 3.05) is 13.7 Å². The molecule has 0 aliphatic carbocycles. The number of hydrogen-bond donors (Lipinski definition) is 1. The number of nitrogens with one attached hydrogen (secondary N) is 1. The van der Waals surface area contributed by atoms with Gasteiger partial charge in [0, 0.05) is 11.5 Å². The molecule has 1 aromatic heterocycles. The van der Waals surface area contributed by atoms with Gasteiger partial charge in [0.2, 0.25) is 0 Å². The molecule has 0 amide bonds. The Kier molecular flexibility index (Phi) is 6.03. The average molecular weight is 241 g/mol. The minimum atomic E-state index is 0.289. The van der Waals surface area contributed by atoms with Crippen LogP contribution in [0.5, 0.6) is 0 Å². The lowest BCUT2D eigenvalue weighted by atomic mass is 10.0. The minimum absolute atomic E-state index is 0.289. The Morgan fingerprint density at radius 3 is 2.62 bits per heavy atom. The number of likely N-dealkylation sites (N-methyl/N-ethyl adjacent to an activating group) is 1. The molecule has 1 heterocycles. The molecule has 1 aromatic rings. The second-order valence-corrected chi connectivity index (χ2v) is 4.96. The van der Waals surface area contributed by atoms with Gasteiger partial charge in [-0.3, -0.25) is 0 Å². The van der Waals surface area contributed by atoms with Crippen molar-refractivity contribution in [3.8, 4) is 0 Å². The smallest absolute Gasteiger partial charge is 0.0777 e. The van der Waals surface area contributed by atoms with Gasteiger partial charge in [-0.05, 0) is 44.3 Å². The van der Waals surface area contributed by atoms with Crippen LogP contribution in [-0.4, -0.2) is 19.8 Å². The summed E-state index contributed by atoms with van der Waals surface area (Å²) in [4.78, 5) is 1.41. The predicted molar refractivity (Wildman–Crippen MR) is 71.2 cm³/mol. The molecule has 1 N–H and O–H groups in total. The van der Waals surface area contributed by atoms with E-state index < -0.39 is 0 Å². The highest BCUT2D eigenvalue weighted by molar-refractivity contribution is 7.10. The van der Waals surface area contributed by atoms with Gasteiger partial charge in [-0.1, -0.05) is 13.3 Å². The molecule has 0 spiro atoms. The highest BCUT2D eigenvalue weighted by Gasteiger charge is 2.23. The van der Waals surface area contributed by atoms with Gasteiger partial charge in [-0.25, -0.2) is 0 Å². The lowest BCUT2D eigenvalue weighted by molar-refractivity contribution is 0.0303. The predicted octanol–water partition coefficient (Wildman–Crippen LogP) is 3.52. The summed E-state index contributed by atoms with van der Waals surface area (Å²) in [6, 6.07) is 2.51. The van der Waals surface area contributed by atoms with E-state index in [1.54, 1.807) is 0 Å². The van der Waals surface area contributed by atoms with Crippen LogP contribution in [-0.2, 0) is 4.74 Å². The normalized spacial score (nSPS) is 15.0. The number of rotatable bonds is 7. The average Bonchev–Trinajstić information content (AvgIpc) is 2.67. The van der Waals surface area contributed by atoms with Gasteiger partial charge in [0.05, 0.1) is 12.1 Å². The van der Waals surface area contributed by atoms with E-state index in [9.17, 15) is 0 Å². The van der Waals surface area contributed by atoms with E-state index in [1.165, 1.54) is 10.4 Å². The molecular weight excluding hydrogens is 218 g/mol. The zero-order valence-electron chi connectivity index (χ0n) is 10.7. The standard InChI is InChI=1S/C13H23NOS/c1-5-7-11(15-6-2)12(14-4)13-10(3)8-9-16-13/h8-9,11-12,14H,5-7H2,1-4H3. The Morgan fingerprint density at radius 2 is 2.19 bits per heavy atom. The van der Waals surface area contributed by atoms with Crippen molar-refractivity contribution >= 4 is 11.3 Å². The molecule has 2 nitrogen and oxygen atoms in total. The molecular formula is C13H23NOS. The fraction of sp³-hybridized carbons (Fsp3) is 0.692. The van der Waals surface area contributed by atoms with Crippen molar-refractivity contribution in [2.24, 2.45) is 0 Å². The molecule has 0 aliphatic heterocycles. The Balaban J connectivity index is 2.81. The van der Waals surface area contributed by atoms with Gasteiger partial charge in [0.1, 0.15) is 0 Å². The lowest BCUT2D eigenvalue weighted by Gasteiger charge is -2.26. The van der Waals surface area contributed by atoms with Crippen molar-refractivity contribution in [3.63, 3.8) is 0 Å². The largest absolute Gasteiger partial charge is 0.376 e. The van der Waals surface area contributed by atoms with Crippen molar-refractivity contribution in [3.05, 3.63) is 21.9 Å². The zero-order valence-corrected chi connectivity index (χ0v) is 11.6. The van der Waals surface area contributed by atoms with Gasteiger partial charge in [-0.2, -0.15) is 0 Å². The van der Waals surface area contributed by atoms with Crippen LogP contribution in [0.3, 0.4) is 0 Å². The maximum atomic E-state index is 5.86. The van der Waals surface area contributed by atoms with E-state index in [-0.39, 0.29) is 6.10 Å². The monoisotopic (exact) mass is 241 g/mol. The fourth-order valence-corrected chi connectivity index (χ4v) is 3.12. The quantitative estimate of drug-likeness (QED) is 0.788. The Hall–Kier alpha value is -0.380. The number of aryl methyl sites for hydroxylation is 1. The van der Waals surface area contributed by atoms with E-state index in [1.807, 2.05) is 18.4 Å². The maximum Gasteiger partial charge on any atom is 0.0777 e. The summed E-state index contributed by atoms with van der Waals surface area (Å²) in [5, 5.41) is 5.56. The van der Waals surface area contributed by atoms with Crippen LogP contribution < -0.4 is 5.32 Å². The van der Waals surface area contributed by atoms with Gasteiger partial charge < -0.3 is 10.1 Å². The molecule has 3 heteroatoms. The number of thiophene rings is 1. The molecule has 0 aliphatic rings. The van der Waals surface area contributed by atoms with Crippen LogP contribution in [0.4, 0.5) is 0 Å². The van der Waals surface area contributed by atoms with E-state index in [4.69, 9.17) is 4.74 Å². The summed E-state index contributed by atoms with van der Waals surface area (Å²) in [7, 11) is 2.02. The molecule has 1 rings (SSSR count). The third-order valence-corrected chi connectivity index (χ3v) is 3.92. The highest BCUT2D eigenvalue weighted by Crippen LogP contribution is 2.29. The maximum absolute atomic E-state index is 5.86. The summed E-state index contributed by atoms with van der Waals surface area (Å²) in [6.07, 6.45) is 2.56. The molecule has 0 fully saturated rings. The molecule has 0 aromatic carbocycles. The summed E-state index contributed by atoms with van der Waals surface area (Å²) >= 11 is 1.82. The van der Waals surface area contributed by atoms with Gasteiger partial charge in [0.15, 0.2) is 0 Å². The summed E-state index contributed by atoms with van der Waals surface area (Å²) in [6.45, 7) is 7.23. The molecule has 0 bridgehead atoms. The van der Waals surface area contributed by atoms with Crippen LogP contribution in [0.15, 0.2) is 11.4 Å². The molecule has 2 unspecified atom stereocenters. The number of hydrogen-bond acceptors (Lipinski definition) is 3. The third-order valence-electron chi connectivity index (χ3n) is 2.82. The van der Waals surface area contributed by atoms with Gasteiger partial charge in [0.25, 0.3) is 0 Å². The van der Waals surface area contributed by atoms with Crippen molar-refractivity contribution in [1.82, 2.24) is 5.32 Å². The second-order valence-electron chi connectivity index (χ2n) is 4.02. The van der Waals surface area contributed by atoms with E-state index >= 15 is 0 Å². The first-order chi connectivity index (χ1) is 7.74. The first kappa shape index (κ1) is 13.7. The SMILES string of the molecule is CCCC(OCC)C(NC)c1sccc1C. The molecule has 16 heavy (non-hydrogen) atoms. The third kappa shape index (κ3) is 3.30. The van der Waals surface area contributed by atoms with Crippen molar-refractivity contribution < 1.29 is 4.74 Å². The molecule has 0 saturated carbocycles. The van der Waals surface area contributed by atoms with E-state index in [0.717, 1.165) is 19.4 Å². The summed E-state index contributed by atoms with van der Waals surface area (Å²) < 4.78 is 5.86. The Labute approximate surface area is 103 Å². The topological polar surface area (TPSA) is 21.3 Å². The summed E-state index contributed by atoms with van der Waals surface area (Å²) in [5.74, 6) is 0. The van der Waals surface area contributed by atoms with E-state index in [2.05, 4.69) is 37.5 Å². The minimum Gasteiger partial charge on any atom is -0.376 e. The van der Waals surface area contributed by atoms with Crippen LogP contribution in [0.25, 0.3) is 0 Å². The first-order valence-corrected chi connectivity index (χ1v) is 6.95. The van der Waals surface area contributed by atoms with Crippen molar-refractivity contribution in [2.45, 2.75) is 45.8 Å². The molecule has 2 atom stereocenters. The fourth-order valence-electron chi connectivity index (χ4n) is 2.03. The summed E-state index contributed by atoms with van der Waals surface area (Å²) in [5.41, 5.74) is 1.37. The zero-order chi connectivity index (χ0) is 12.0. The Bertz CT molecular complexity index is 292. The van der Waals surface area contributed by atoms with Crippen LogP contribution in [0.2, 0.25) is 0 Å². The molecule has 92 valence electrons. The van der Waals surface area contributed by atoms with Crippen LogP contribution in [0, 0.1) is 6.92 Å².